The summed E-state index contributed by atoms with van der Waals surface area (Å²) in [5, 5.41) is 0. The largest absolute Gasteiger partial charge is 0.465 e. The average molecular weight is 439 g/mol. The first kappa shape index (κ1) is 30.1. The summed E-state index contributed by atoms with van der Waals surface area (Å²) in [6.45, 7) is 7.29. The second-order valence-electron chi connectivity index (χ2n) is 9.51. The van der Waals surface area contributed by atoms with E-state index in [0.29, 0.717) is 24.7 Å². The molecule has 0 amide bonds. The summed E-state index contributed by atoms with van der Waals surface area (Å²) in [5.41, 5.74) is 0. The number of esters is 1. The van der Waals surface area contributed by atoms with Gasteiger partial charge >= 0.3 is 5.97 Å². The van der Waals surface area contributed by atoms with Gasteiger partial charge in [-0.3, -0.25) is 9.59 Å². The molecule has 0 spiro atoms. The maximum atomic E-state index is 12.1. The van der Waals surface area contributed by atoms with Gasteiger partial charge in [0.15, 0.2) is 0 Å². The van der Waals surface area contributed by atoms with E-state index in [-0.39, 0.29) is 5.97 Å². The van der Waals surface area contributed by atoms with Crippen LogP contribution in [0.5, 0.6) is 0 Å². The summed E-state index contributed by atoms with van der Waals surface area (Å²) in [7, 11) is 0. The monoisotopic (exact) mass is 438 g/mol. The molecule has 0 heterocycles. The van der Waals surface area contributed by atoms with Crippen LogP contribution in [0.2, 0.25) is 0 Å². The fourth-order valence-electron chi connectivity index (χ4n) is 4.12. The van der Waals surface area contributed by atoms with Crippen LogP contribution in [-0.4, -0.2) is 18.4 Å². The van der Waals surface area contributed by atoms with Crippen LogP contribution in [0.15, 0.2) is 0 Å². The second-order valence-corrected chi connectivity index (χ2v) is 9.51. The third-order valence-electron chi connectivity index (χ3n) is 6.31. The molecule has 0 aliphatic carbocycles. The smallest absolute Gasteiger partial charge is 0.305 e. The molecule has 0 fully saturated rings. The van der Waals surface area contributed by atoms with Crippen LogP contribution in [0.1, 0.15) is 156 Å². The Balaban J connectivity index is 3.62. The number of carbonyl (C=O) groups is 2. The van der Waals surface area contributed by atoms with Gasteiger partial charge in [-0.1, -0.05) is 104 Å². The predicted octanol–water partition coefficient (Wildman–Crippen LogP) is 8.97. The fraction of sp³-hybridized carbons (Fsp3) is 0.929. The summed E-state index contributed by atoms with van der Waals surface area (Å²) < 4.78 is 5.60. The van der Waals surface area contributed by atoms with Crippen molar-refractivity contribution in [3.05, 3.63) is 0 Å². The minimum atomic E-state index is -0.0104. The summed E-state index contributed by atoms with van der Waals surface area (Å²) in [6, 6.07) is 0. The molecule has 0 N–H and O–H groups in total. The highest BCUT2D eigenvalue weighted by molar-refractivity contribution is 5.78. The van der Waals surface area contributed by atoms with Crippen LogP contribution in [-0.2, 0) is 14.3 Å². The zero-order valence-electron chi connectivity index (χ0n) is 21.4. The van der Waals surface area contributed by atoms with E-state index < -0.39 is 0 Å². The van der Waals surface area contributed by atoms with Gasteiger partial charge in [-0.15, -0.1) is 0 Å². The van der Waals surface area contributed by atoms with Gasteiger partial charge in [0.25, 0.3) is 0 Å². The summed E-state index contributed by atoms with van der Waals surface area (Å²) in [4.78, 5) is 23.9. The SMILES string of the molecule is CCCCCCC(=O)CCCCCCCCC(=O)OCC(CCCC)CCCCCC. The molecule has 0 bridgehead atoms. The summed E-state index contributed by atoms with van der Waals surface area (Å²) >= 11 is 0. The van der Waals surface area contributed by atoms with Gasteiger partial charge in [-0.2, -0.15) is 0 Å². The first-order chi connectivity index (χ1) is 15.1. The van der Waals surface area contributed by atoms with Crippen LogP contribution < -0.4 is 0 Å². The van der Waals surface area contributed by atoms with Crippen LogP contribution in [0, 0.1) is 5.92 Å². The molecule has 0 aromatic rings. The molecule has 1 unspecified atom stereocenters. The fourth-order valence-corrected chi connectivity index (χ4v) is 4.12. The molecular formula is C28H54O3. The quantitative estimate of drug-likeness (QED) is 0.111. The Labute approximate surface area is 194 Å². The number of hydrogen-bond acceptors (Lipinski definition) is 3. The van der Waals surface area contributed by atoms with Crippen LogP contribution in [0.4, 0.5) is 0 Å². The van der Waals surface area contributed by atoms with E-state index >= 15 is 0 Å². The Morgan fingerprint density at radius 1 is 0.548 bits per heavy atom. The Morgan fingerprint density at radius 2 is 1.00 bits per heavy atom. The molecular weight excluding hydrogens is 384 g/mol. The summed E-state index contributed by atoms with van der Waals surface area (Å²) in [5.74, 6) is 0.986. The van der Waals surface area contributed by atoms with E-state index in [0.717, 1.165) is 51.4 Å². The highest BCUT2D eigenvalue weighted by Gasteiger charge is 2.12. The number of rotatable bonds is 24. The maximum Gasteiger partial charge on any atom is 0.305 e. The standard InChI is InChI=1S/C28H54O3/c1-4-7-10-16-21-26(20-9-6-3)25-31-28(30)24-19-15-13-12-14-18-23-27(29)22-17-11-8-5-2/h26H,4-25H2,1-3H3. The lowest BCUT2D eigenvalue weighted by Gasteiger charge is -2.16. The van der Waals surface area contributed by atoms with Gasteiger partial charge in [-0.05, 0) is 38.0 Å². The van der Waals surface area contributed by atoms with Crippen molar-refractivity contribution in [2.24, 2.45) is 5.92 Å². The Morgan fingerprint density at radius 3 is 1.58 bits per heavy atom. The van der Waals surface area contributed by atoms with E-state index in [9.17, 15) is 9.59 Å². The molecule has 0 aromatic heterocycles. The highest BCUT2D eigenvalue weighted by Crippen LogP contribution is 2.18. The number of ether oxygens (including phenoxy) is 1. The zero-order valence-corrected chi connectivity index (χ0v) is 21.4. The van der Waals surface area contributed by atoms with Gasteiger partial charge in [0.05, 0.1) is 6.61 Å². The van der Waals surface area contributed by atoms with Crippen molar-refractivity contribution in [2.45, 2.75) is 156 Å². The van der Waals surface area contributed by atoms with E-state index in [1.165, 1.54) is 77.0 Å². The van der Waals surface area contributed by atoms with Gasteiger partial charge in [0.2, 0.25) is 0 Å². The van der Waals surface area contributed by atoms with Gasteiger partial charge in [0.1, 0.15) is 5.78 Å². The van der Waals surface area contributed by atoms with E-state index in [1.807, 2.05) is 0 Å². The third kappa shape index (κ3) is 22.1. The molecule has 0 aliphatic heterocycles. The molecule has 1 atom stereocenters. The topological polar surface area (TPSA) is 43.4 Å². The first-order valence-corrected chi connectivity index (χ1v) is 13.8. The number of hydrogen-bond donors (Lipinski definition) is 0. The lowest BCUT2D eigenvalue weighted by atomic mass is 9.96. The van der Waals surface area contributed by atoms with Crippen molar-refractivity contribution in [3.8, 4) is 0 Å². The van der Waals surface area contributed by atoms with Crippen molar-refractivity contribution in [3.63, 3.8) is 0 Å². The van der Waals surface area contributed by atoms with Gasteiger partial charge < -0.3 is 4.74 Å². The predicted molar refractivity (Wildman–Crippen MR) is 133 cm³/mol. The van der Waals surface area contributed by atoms with Crippen molar-refractivity contribution >= 4 is 11.8 Å². The molecule has 0 saturated carbocycles. The van der Waals surface area contributed by atoms with Gasteiger partial charge in [-0.25, -0.2) is 0 Å². The van der Waals surface area contributed by atoms with Crippen molar-refractivity contribution < 1.29 is 14.3 Å². The molecule has 3 heteroatoms. The molecule has 3 nitrogen and oxygen atoms in total. The van der Waals surface area contributed by atoms with Crippen molar-refractivity contribution in [1.29, 1.82) is 0 Å². The minimum absolute atomic E-state index is 0.0104. The van der Waals surface area contributed by atoms with Crippen molar-refractivity contribution in [2.75, 3.05) is 6.61 Å². The summed E-state index contributed by atoms with van der Waals surface area (Å²) in [6.07, 6.45) is 23.4. The Hall–Kier alpha value is -0.860. The lowest BCUT2D eigenvalue weighted by Crippen LogP contribution is -2.14. The van der Waals surface area contributed by atoms with Crippen LogP contribution in [0.25, 0.3) is 0 Å². The third-order valence-corrected chi connectivity index (χ3v) is 6.31. The first-order valence-electron chi connectivity index (χ1n) is 13.8. The van der Waals surface area contributed by atoms with E-state index in [1.54, 1.807) is 0 Å². The normalized spacial score (nSPS) is 12.1. The molecule has 184 valence electrons. The maximum absolute atomic E-state index is 12.1. The number of unbranched alkanes of at least 4 members (excludes halogenated alkanes) is 12. The molecule has 0 aliphatic rings. The van der Waals surface area contributed by atoms with E-state index in [4.69, 9.17) is 4.74 Å². The lowest BCUT2D eigenvalue weighted by molar-refractivity contribution is -0.145. The number of carbonyl (C=O) groups excluding carboxylic acids is 2. The number of Topliss-reactive ketones (excluding diaryl/α,β-unsaturated/α-hetero) is 1. The molecule has 31 heavy (non-hydrogen) atoms. The van der Waals surface area contributed by atoms with Crippen LogP contribution >= 0.6 is 0 Å². The number of ketones is 1. The average Bonchev–Trinajstić information content (AvgIpc) is 2.77. The van der Waals surface area contributed by atoms with Gasteiger partial charge in [0, 0.05) is 19.3 Å². The Bertz CT molecular complexity index is 405. The molecule has 0 saturated heterocycles. The van der Waals surface area contributed by atoms with Crippen LogP contribution in [0.3, 0.4) is 0 Å². The molecule has 0 radical (unpaired) electrons. The minimum Gasteiger partial charge on any atom is -0.465 e. The highest BCUT2D eigenvalue weighted by atomic mass is 16.5. The molecule has 0 rings (SSSR count). The van der Waals surface area contributed by atoms with Crippen molar-refractivity contribution in [1.82, 2.24) is 0 Å². The Kier molecular flexibility index (Phi) is 23.1. The second kappa shape index (κ2) is 23.8. The molecule has 0 aromatic carbocycles. The zero-order chi connectivity index (χ0) is 23.0. The van der Waals surface area contributed by atoms with E-state index in [2.05, 4.69) is 20.8 Å².